The number of non-ortho nitro benzene ring substituents is 1. The quantitative estimate of drug-likeness (QED) is 0.315. The lowest BCUT2D eigenvalue weighted by molar-refractivity contribution is -0.384. The van der Waals surface area contributed by atoms with Crippen LogP contribution in [0.25, 0.3) is 0 Å². The van der Waals surface area contributed by atoms with Gasteiger partial charge in [0.05, 0.1) is 16.3 Å². The molecule has 3 rings (SSSR count). The Labute approximate surface area is 175 Å². The van der Waals surface area contributed by atoms with Crippen LogP contribution in [-0.2, 0) is 14.3 Å². The Hall–Kier alpha value is -3.60. The normalized spacial score (nSPS) is 18.8. The summed E-state index contributed by atoms with van der Waals surface area (Å²) in [7, 11) is 0. The summed E-state index contributed by atoms with van der Waals surface area (Å²) >= 11 is 1.37. The Morgan fingerprint density at radius 3 is 2.50 bits per heavy atom. The predicted molar refractivity (Wildman–Crippen MR) is 113 cm³/mol. The van der Waals surface area contributed by atoms with Gasteiger partial charge in [-0.25, -0.2) is 14.8 Å². The lowest BCUT2D eigenvalue weighted by Gasteiger charge is -2.22. The van der Waals surface area contributed by atoms with Gasteiger partial charge in [0.15, 0.2) is 10.9 Å². The summed E-state index contributed by atoms with van der Waals surface area (Å²) in [5.74, 6) is -0.130. The van der Waals surface area contributed by atoms with E-state index in [2.05, 4.69) is 15.1 Å². The molecule has 0 aromatic heterocycles. The molecule has 1 aromatic carbocycles. The first-order chi connectivity index (χ1) is 14.3. The third-order valence-electron chi connectivity index (χ3n) is 3.93. The summed E-state index contributed by atoms with van der Waals surface area (Å²) in [4.78, 5) is 42.7. The summed E-state index contributed by atoms with van der Waals surface area (Å²) in [5, 5.41) is 16.7. The number of thioether (sulfide) groups is 1. The highest BCUT2D eigenvalue weighted by molar-refractivity contribution is 8.13. The number of hydrogen-bond donors (Lipinski definition) is 0. The molecule has 0 bridgehead atoms. The standard InChI is InChI=1S/C19H17N5O5S/c1-4-30-19-21-15(11(2)22-23(19)12(3)25)9-10-16-18(26)29-17(20-16)13-5-7-14(8-6-13)24(27)28/h5-10H,4H2,1-3H3/b15-9-,16-10-. The van der Waals surface area contributed by atoms with Crippen LogP contribution in [0.2, 0.25) is 0 Å². The Kier molecular flexibility index (Phi) is 6.21. The Bertz CT molecular complexity index is 1070. The number of esters is 1. The molecule has 30 heavy (non-hydrogen) atoms. The molecule has 0 radical (unpaired) electrons. The van der Waals surface area contributed by atoms with E-state index in [1.54, 1.807) is 13.0 Å². The number of carbonyl (C=O) groups excluding carboxylic acids is 2. The average Bonchev–Trinajstić information content (AvgIpc) is 3.08. The van der Waals surface area contributed by atoms with Gasteiger partial charge in [-0.3, -0.25) is 14.9 Å². The number of ether oxygens (including phenoxy) is 1. The van der Waals surface area contributed by atoms with Gasteiger partial charge in [0.25, 0.3) is 5.69 Å². The average molecular weight is 427 g/mol. The largest absolute Gasteiger partial charge is 0.402 e. The van der Waals surface area contributed by atoms with Crippen LogP contribution in [-0.4, -0.2) is 44.3 Å². The first-order valence-electron chi connectivity index (χ1n) is 8.85. The van der Waals surface area contributed by atoms with Crippen LogP contribution in [0.1, 0.15) is 26.3 Å². The van der Waals surface area contributed by atoms with Crippen molar-refractivity contribution in [3.05, 3.63) is 63.5 Å². The topological polar surface area (TPSA) is 127 Å². The van der Waals surface area contributed by atoms with Crippen molar-refractivity contribution in [3.8, 4) is 0 Å². The van der Waals surface area contributed by atoms with Gasteiger partial charge in [0.1, 0.15) is 0 Å². The highest BCUT2D eigenvalue weighted by Crippen LogP contribution is 2.22. The Morgan fingerprint density at radius 2 is 1.90 bits per heavy atom. The third kappa shape index (κ3) is 4.51. The minimum atomic E-state index is -0.650. The van der Waals surface area contributed by atoms with Crippen LogP contribution >= 0.6 is 11.8 Å². The SMILES string of the molecule is CCSC1=N/C(=C\C=C2/N=C(c3ccc([N+](=O)[O-])cc3)OC2=O)C(C)=NN1C(C)=O. The van der Waals surface area contributed by atoms with Crippen molar-refractivity contribution in [1.82, 2.24) is 5.01 Å². The van der Waals surface area contributed by atoms with E-state index in [9.17, 15) is 19.7 Å². The molecule has 0 spiro atoms. The molecule has 2 aliphatic heterocycles. The van der Waals surface area contributed by atoms with E-state index >= 15 is 0 Å². The van der Waals surface area contributed by atoms with Crippen LogP contribution in [0, 0.1) is 10.1 Å². The fourth-order valence-corrected chi connectivity index (χ4v) is 3.20. The molecule has 11 heteroatoms. The van der Waals surface area contributed by atoms with Crippen molar-refractivity contribution in [2.45, 2.75) is 20.8 Å². The van der Waals surface area contributed by atoms with E-state index in [0.29, 0.717) is 27.9 Å². The van der Waals surface area contributed by atoms with Gasteiger partial charge in [-0.2, -0.15) is 10.1 Å². The molecule has 0 N–H and O–H groups in total. The molecule has 10 nitrogen and oxygen atoms in total. The summed E-state index contributed by atoms with van der Waals surface area (Å²) in [5.41, 5.74) is 1.42. The number of nitro groups is 1. The fourth-order valence-electron chi connectivity index (χ4n) is 2.49. The number of rotatable bonds is 4. The number of hydrogen-bond acceptors (Lipinski definition) is 9. The monoisotopic (exact) mass is 427 g/mol. The molecule has 2 aliphatic rings. The number of amides is 1. The summed E-state index contributed by atoms with van der Waals surface area (Å²) in [6.45, 7) is 5.04. The van der Waals surface area contributed by atoms with Crippen LogP contribution in [0.5, 0.6) is 0 Å². The number of amidine groups is 1. The predicted octanol–water partition coefficient (Wildman–Crippen LogP) is 3.01. The molecule has 0 atom stereocenters. The molecule has 0 saturated heterocycles. The van der Waals surface area contributed by atoms with Gasteiger partial charge in [0, 0.05) is 24.6 Å². The fraction of sp³-hybridized carbons (Fsp3) is 0.211. The zero-order chi connectivity index (χ0) is 21.8. The van der Waals surface area contributed by atoms with Crippen LogP contribution in [0.4, 0.5) is 5.69 Å². The summed E-state index contributed by atoms with van der Waals surface area (Å²) < 4.78 is 5.16. The van der Waals surface area contributed by atoms with E-state index in [1.165, 1.54) is 54.0 Å². The lowest BCUT2D eigenvalue weighted by atomic mass is 10.2. The minimum Gasteiger partial charge on any atom is -0.402 e. The molecule has 0 aliphatic carbocycles. The van der Waals surface area contributed by atoms with Gasteiger partial charge < -0.3 is 4.74 Å². The van der Waals surface area contributed by atoms with Crippen molar-refractivity contribution in [1.29, 1.82) is 0 Å². The molecular formula is C19H17N5O5S. The molecule has 0 saturated carbocycles. The Morgan fingerprint density at radius 1 is 1.23 bits per heavy atom. The highest BCUT2D eigenvalue weighted by atomic mass is 32.2. The van der Waals surface area contributed by atoms with Crippen molar-refractivity contribution in [2.24, 2.45) is 15.1 Å². The van der Waals surface area contributed by atoms with Gasteiger partial charge in [-0.15, -0.1) is 0 Å². The zero-order valence-corrected chi connectivity index (χ0v) is 17.2. The second-order valence-electron chi connectivity index (χ2n) is 6.06. The van der Waals surface area contributed by atoms with Gasteiger partial charge in [-0.1, -0.05) is 18.7 Å². The second-order valence-corrected chi connectivity index (χ2v) is 7.29. The Balaban J connectivity index is 1.88. The number of nitro benzene ring substituents is 1. The molecule has 0 fully saturated rings. The zero-order valence-electron chi connectivity index (χ0n) is 16.4. The van der Waals surface area contributed by atoms with Crippen molar-refractivity contribution >= 4 is 46.1 Å². The maximum absolute atomic E-state index is 12.1. The number of hydrazone groups is 1. The van der Waals surface area contributed by atoms with Gasteiger partial charge >= 0.3 is 5.97 Å². The van der Waals surface area contributed by atoms with Crippen molar-refractivity contribution in [3.63, 3.8) is 0 Å². The second kappa shape index (κ2) is 8.82. The molecule has 0 unspecified atom stereocenters. The van der Waals surface area contributed by atoms with Crippen LogP contribution < -0.4 is 0 Å². The summed E-state index contributed by atoms with van der Waals surface area (Å²) in [6, 6.07) is 5.52. The van der Waals surface area contributed by atoms with Crippen molar-refractivity contribution < 1.29 is 19.2 Å². The van der Waals surface area contributed by atoms with Crippen LogP contribution in [0.15, 0.2) is 62.9 Å². The maximum atomic E-state index is 12.1. The maximum Gasteiger partial charge on any atom is 0.363 e. The van der Waals surface area contributed by atoms with E-state index < -0.39 is 10.9 Å². The van der Waals surface area contributed by atoms with E-state index in [-0.39, 0.29) is 23.2 Å². The highest BCUT2D eigenvalue weighted by Gasteiger charge is 2.25. The van der Waals surface area contributed by atoms with Gasteiger partial charge in [-0.05, 0) is 37.0 Å². The number of aliphatic imine (C=N–C) groups is 2. The smallest absolute Gasteiger partial charge is 0.363 e. The van der Waals surface area contributed by atoms with E-state index in [0.717, 1.165) is 0 Å². The van der Waals surface area contributed by atoms with Gasteiger partial charge in [0.2, 0.25) is 11.8 Å². The molecule has 154 valence electrons. The summed E-state index contributed by atoms with van der Waals surface area (Å²) in [6.07, 6.45) is 3.03. The van der Waals surface area contributed by atoms with Crippen LogP contribution in [0.3, 0.4) is 0 Å². The molecule has 1 aromatic rings. The number of nitrogens with zero attached hydrogens (tertiary/aromatic N) is 5. The lowest BCUT2D eigenvalue weighted by Crippen LogP contribution is -2.32. The first kappa shape index (κ1) is 21.1. The molecule has 2 heterocycles. The number of benzene rings is 1. The molecular weight excluding hydrogens is 410 g/mol. The van der Waals surface area contributed by atoms with E-state index in [1.807, 2.05) is 6.92 Å². The first-order valence-corrected chi connectivity index (χ1v) is 9.84. The third-order valence-corrected chi connectivity index (χ3v) is 4.75. The number of allylic oxidation sites excluding steroid dienone is 3. The minimum absolute atomic E-state index is 0.0533. The van der Waals surface area contributed by atoms with Crippen molar-refractivity contribution in [2.75, 3.05) is 5.75 Å². The van der Waals surface area contributed by atoms with E-state index in [4.69, 9.17) is 4.74 Å². The number of carbonyl (C=O) groups is 2. The molecule has 1 amide bonds. The number of cyclic esters (lactones) is 1.